The van der Waals surface area contributed by atoms with E-state index in [1.54, 1.807) is 7.11 Å². The molecule has 2 heterocycles. The fourth-order valence-corrected chi connectivity index (χ4v) is 3.72. The van der Waals surface area contributed by atoms with E-state index in [0.717, 1.165) is 51.5 Å². The number of carbonyl (C=O) groups excluding carboxylic acids is 1. The van der Waals surface area contributed by atoms with E-state index in [4.69, 9.17) is 14.2 Å². The normalized spacial score (nSPS) is 16.4. The summed E-state index contributed by atoms with van der Waals surface area (Å²) in [6.07, 6.45) is 0.998. The first-order chi connectivity index (χ1) is 13.7. The van der Waals surface area contributed by atoms with Gasteiger partial charge in [-0.2, -0.15) is 0 Å². The SMILES string of the molecule is COc1ccccc1OCC(=O)N1CCN(Cc2ccc3c(c2)CCO3)CC1. The Labute approximate surface area is 165 Å². The molecular weight excluding hydrogens is 356 g/mol. The van der Waals surface area contributed by atoms with Crippen molar-refractivity contribution < 1.29 is 19.0 Å². The largest absolute Gasteiger partial charge is 0.493 e. The minimum absolute atomic E-state index is 0.0141. The van der Waals surface area contributed by atoms with Crippen LogP contribution in [0, 0.1) is 0 Å². The van der Waals surface area contributed by atoms with E-state index in [2.05, 4.69) is 23.1 Å². The summed E-state index contributed by atoms with van der Waals surface area (Å²) < 4.78 is 16.5. The van der Waals surface area contributed by atoms with Gasteiger partial charge in [-0.15, -0.1) is 0 Å². The lowest BCUT2D eigenvalue weighted by molar-refractivity contribution is -0.135. The number of fused-ring (bicyclic) bond motifs is 1. The molecule has 0 unspecified atom stereocenters. The Morgan fingerprint density at radius 2 is 1.86 bits per heavy atom. The topological polar surface area (TPSA) is 51.2 Å². The Balaban J connectivity index is 1.25. The van der Waals surface area contributed by atoms with Crippen molar-refractivity contribution in [2.45, 2.75) is 13.0 Å². The second-order valence-corrected chi connectivity index (χ2v) is 7.14. The van der Waals surface area contributed by atoms with Crippen molar-refractivity contribution >= 4 is 5.91 Å². The molecule has 1 saturated heterocycles. The van der Waals surface area contributed by atoms with Crippen molar-refractivity contribution in [2.75, 3.05) is 46.5 Å². The van der Waals surface area contributed by atoms with Gasteiger partial charge in [0.2, 0.25) is 0 Å². The zero-order valence-electron chi connectivity index (χ0n) is 16.2. The number of methoxy groups -OCH3 is 1. The third-order valence-corrected chi connectivity index (χ3v) is 5.31. The van der Waals surface area contributed by atoms with E-state index >= 15 is 0 Å². The molecule has 2 aliphatic heterocycles. The van der Waals surface area contributed by atoms with Crippen LogP contribution in [0.2, 0.25) is 0 Å². The van der Waals surface area contributed by atoms with E-state index in [0.29, 0.717) is 11.5 Å². The van der Waals surface area contributed by atoms with Crippen molar-refractivity contribution in [3.63, 3.8) is 0 Å². The Kier molecular flexibility index (Phi) is 5.67. The fraction of sp³-hybridized carbons (Fsp3) is 0.409. The predicted octanol–water partition coefficient (Wildman–Crippen LogP) is 2.35. The van der Waals surface area contributed by atoms with Crippen LogP contribution in [0.3, 0.4) is 0 Å². The zero-order chi connectivity index (χ0) is 19.3. The van der Waals surface area contributed by atoms with Gasteiger partial charge in [-0.1, -0.05) is 24.3 Å². The second kappa shape index (κ2) is 8.52. The Morgan fingerprint density at radius 1 is 1.07 bits per heavy atom. The molecule has 0 spiro atoms. The smallest absolute Gasteiger partial charge is 0.260 e. The molecule has 0 saturated carbocycles. The van der Waals surface area contributed by atoms with Crippen LogP contribution >= 0.6 is 0 Å². The van der Waals surface area contributed by atoms with Crippen LogP contribution in [0.15, 0.2) is 42.5 Å². The number of benzene rings is 2. The number of nitrogens with zero attached hydrogens (tertiary/aromatic N) is 2. The molecule has 28 heavy (non-hydrogen) atoms. The molecule has 0 aliphatic carbocycles. The van der Waals surface area contributed by atoms with Gasteiger partial charge >= 0.3 is 0 Å². The van der Waals surface area contributed by atoms with Gasteiger partial charge in [-0.3, -0.25) is 9.69 Å². The highest BCUT2D eigenvalue weighted by molar-refractivity contribution is 5.78. The van der Waals surface area contributed by atoms with Crippen molar-refractivity contribution in [1.82, 2.24) is 9.80 Å². The highest BCUT2D eigenvalue weighted by atomic mass is 16.5. The van der Waals surface area contributed by atoms with Crippen molar-refractivity contribution in [1.29, 1.82) is 0 Å². The lowest BCUT2D eigenvalue weighted by Gasteiger charge is -2.34. The number of hydrogen-bond donors (Lipinski definition) is 0. The summed E-state index contributed by atoms with van der Waals surface area (Å²) in [6.45, 7) is 4.92. The summed E-state index contributed by atoms with van der Waals surface area (Å²) in [5.41, 5.74) is 2.61. The van der Waals surface area contributed by atoms with Crippen LogP contribution in [-0.2, 0) is 17.8 Å². The quantitative estimate of drug-likeness (QED) is 0.768. The van der Waals surface area contributed by atoms with E-state index in [-0.39, 0.29) is 12.5 Å². The lowest BCUT2D eigenvalue weighted by atomic mass is 10.1. The van der Waals surface area contributed by atoms with Crippen LogP contribution < -0.4 is 14.2 Å². The van der Waals surface area contributed by atoms with Crippen molar-refractivity contribution in [3.8, 4) is 17.2 Å². The molecule has 2 aromatic carbocycles. The van der Waals surface area contributed by atoms with Gasteiger partial charge in [0.25, 0.3) is 5.91 Å². The van der Waals surface area contributed by atoms with Crippen molar-refractivity contribution in [2.24, 2.45) is 0 Å². The van der Waals surface area contributed by atoms with Crippen LogP contribution in [0.1, 0.15) is 11.1 Å². The molecule has 0 N–H and O–H groups in total. The minimum atomic E-state index is 0.0141. The maximum atomic E-state index is 12.5. The number of para-hydroxylation sites is 2. The number of hydrogen-bond acceptors (Lipinski definition) is 5. The zero-order valence-corrected chi connectivity index (χ0v) is 16.2. The number of piperazine rings is 1. The van der Waals surface area contributed by atoms with Gasteiger partial charge in [0.15, 0.2) is 18.1 Å². The number of ether oxygens (including phenoxy) is 3. The fourth-order valence-electron chi connectivity index (χ4n) is 3.72. The number of rotatable bonds is 6. The molecule has 6 heteroatoms. The van der Waals surface area contributed by atoms with Gasteiger partial charge < -0.3 is 19.1 Å². The minimum Gasteiger partial charge on any atom is -0.493 e. The highest BCUT2D eigenvalue weighted by Gasteiger charge is 2.22. The van der Waals surface area contributed by atoms with E-state index in [1.807, 2.05) is 29.2 Å². The number of amides is 1. The average molecular weight is 382 g/mol. The predicted molar refractivity (Wildman–Crippen MR) is 106 cm³/mol. The summed E-state index contributed by atoms with van der Waals surface area (Å²) >= 11 is 0. The van der Waals surface area contributed by atoms with Gasteiger partial charge in [0, 0.05) is 39.1 Å². The summed E-state index contributed by atoms with van der Waals surface area (Å²) in [5.74, 6) is 2.27. The summed E-state index contributed by atoms with van der Waals surface area (Å²) in [5, 5.41) is 0. The Hall–Kier alpha value is -2.73. The standard InChI is InChI=1S/C22H26N2O4/c1-26-20-4-2-3-5-21(20)28-16-22(25)24-11-9-23(10-12-24)15-17-6-7-19-18(14-17)8-13-27-19/h2-7,14H,8-13,15-16H2,1H3. The first-order valence-corrected chi connectivity index (χ1v) is 9.73. The third-order valence-electron chi connectivity index (χ3n) is 5.31. The molecule has 4 rings (SSSR count). The second-order valence-electron chi connectivity index (χ2n) is 7.14. The van der Waals surface area contributed by atoms with E-state index in [1.165, 1.54) is 11.1 Å². The van der Waals surface area contributed by atoms with Gasteiger partial charge in [-0.05, 0) is 29.3 Å². The van der Waals surface area contributed by atoms with Gasteiger partial charge in [0.05, 0.1) is 13.7 Å². The lowest BCUT2D eigenvalue weighted by Crippen LogP contribution is -2.49. The average Bonchev–Trinajstić information content (AvgIpc) is 3.20. The van der Waals surface area contributed by atoms with Crippen LogP contribution in [0.4, 0.5) is 0 Å². The Bertz CT molecular complexity index is 831. The third kappa shape index (κ3) is 4.22. The molecule has 0 aromatic heterocycles. The molecule has 2 aliphatic rings. The first-order valence-electron chi connectivity index (χ1n) is 9.73. The summed E-state index contributed by atoms with van der Waals surface area (Å²) in [4.78, 5) is 16.8. The molecule has 1 fully saturated rings. The van der Waals surface area contributed by atoms with Crippen LogP contribution in [-0.4, -0.2) is 62.2 Å². The van der Waals surface area contributed by atoms with Gasteiger partial charge in [0.1, 0.15) is 5.75 Å². The highest BCUT2D eigenvalue weighted by Crippen LogP contribution is 2.27. The van der Waals surface area contributed by atoms with E-state index < -0.39 is 0 Å². The molecule has 2 aromatic rings. The molecule has 0 radical (unpaired) electrons. The van der Waals surface area contributed by atoms with Gasteiger partial charge in [-0.25, -0.2) is 0 Å². The molecular formula is C22H26N2O4. The first kappa shape index (κ1) is 18.6. The summed E-state index contributed by atoms with van der Waals surface area (Å²) in [7, 11) is 1.59. The maximum absolute atomic E-state index is 12.5. The molecule has 1 amide bonds. The van der Waals surface area contributed by atoms with Crippen LogP contribution in [0.5, 0.6) is 17.2 Å². The van der Waals surface area contributed by atoms with Crippen LogP contribution in [0.25, 0.3) is 0 Å². The molecule has 0 bridgehead atoms. The van der Waals surface area contributed by atoms with Crippen molar-refractivity contribution in [3.05, 3.63) is 53.6 Å². The molecule has 148 valence electrons. The molecule has 0 atom stereocenters. The van der Waals surface area contributed by atoms with E-state index in [9.17, 15) is 4.79 Å². The number of carbonyl (C=O) groups is 1. The monoisotopic (exact) mass is 382 g/mol. The summed E-state index contributed by atoms with van der Waals surface area (Å²) in [6, 6.07) is 13.8. The Morgan fingerprint density at radius 3 is 2.64 bits per heavy atom. The molecule has 6 nitrogen and oxygen atoms in total. The maximum Gasteiger partial charge on any atom is 0.260 e.